The Bertz CT molecular complexity index is 1500. The molecule has 15 heteroatoms. The van der Waals surface area contributed by atoms with Crippen molar-refractivity contribution in [1.82, 2.24) is 18.6 Å². The number of imidazole rings is 1. The number of rotatable bonds is 10. The molecule has 1 saturated carbocycles. The largest absolute Gasteiger partial charge is 0.508 e. The molecule has 230 valence electrons. The summed E-state index contributed by atoms with van der Waals surface area (Å²) in [4.78, 5) is 44.9. The van der Waals surface area contributed by atoms with E-state index >= 15 is 0 Å². The van der Waals surface area contributed by atoms with Gasteiger partial charge >= 0.3 is 12.1 Å². The first-order chi connectivity index (χ1) is 19.9. The molecule has 4 heterocycles. The minimum Gasteiger partial charge on any atom is -0.461 e. The van der Waals surface area contributed by atoms with Gasteiger partial charge in [0.2, 0.25) is 10.9 Å². The maximum absolute atomic E-state index is 13.4. The van der Waals surface area contributed by atoms with Crippen LogP contribution in [0.2, 0.25) is 0 Å². The van der Waals surface area contributed by atoms with Crippen LogP contribution in [0, 0.1) is 11.8 Å². The molecule has 5 rings (SSSR count). The van der Waals surface area contributed by atoms with Gasteiger partial charge in [-0.15, -0.1) is 11.3 Å². The summed E-state index contributed by atoms with van der Waals surface area (Å²) in [7, 11) is -0.984. The van der Waals surface area contributed by atoms with Gasteiger partial charge in [-0.1, -0.05) is 13.3 Å². The third kappa shape index (κ3) is 5.42. The van der Waals surface area contributed by atoms with E-state index in [9.17, 15) is 27.9 Å². The molecule has 2 aliphatic heterocycles. The van der Waals surface area contributed by atoms with Gasteiger partial charge in [-0.05, 0) is 32.6 Å². The molecule has 13 nitrogen and oxygen atoms in total. The molecule has 1 amide bonds. The minimum atomic E-state index is -3.82. The maximum Gasteiger partial charge on any atom is 0.508 e. The number of nitrogens with zero attached hydrogens (tertiary/aromatic N) is 4. The second-order valence-electron chi connectivity index (χ2n) is 11.1. The molecule has 2 fully saturated rings. The minimum absolute atomic E-state index is 0.00307. The number of sulfonamides is 1. The molecule has 0 spiro atoms. The van der Waals surface area contributed by atoms with Crippen LogP contribution >= 0.6 is 11.3 Å². The molecular weight excluding hydrogens is 588 g/mol. The Hall–Kier alpha value is -3.01. The number of aromatic nitrogens is 2. The molecule has 1 N–H and O–H groups in total. The number of aliphatic hydroxyl groups excluding tert-OH is 1. The standard InChI is InChI=1S/C27H36N4O9S2/c1-15-19(18-13-30-14-28-23(25(30)41-18)42(36,37)29(3)4)22(31-21(15)20(16(2)32)24(31)33)26(34)38-11-8-12-39-27(35)40-17-9-6-5-7-10-17/h13-17,20-21,32H,5-12H2,1-4H3/t15-,16+,20+,21+/m0/s1. The van der Waals surface area contributed by atoms with Gasteiger partial charge in [0.25, 0.3) is 10.0 Å². The van der Waals surface area contributed by atoms with Crippen LogP contribution in [-0.2, 0) is 33.8 Å². The first kappa shape index (κ1) is 30.4. The number of carbonyl (C=O) groups is 3. The van der Waals surface area contributed by atoms with E-state index in [0.29, 0.717) is 15.3 Å². The number of hydrogen-bond donors (Lipinski definition) is 1. The number of esters is 1. The van der Waals surface area contributed by atoms with E-state index in [1.165, 1.54) is 25.3 Å². The smallest absolute Gasteiger partial charge is 0.461 e. The van der Waals surface area contributed by atoms with Gasteiger partial charge in [-0.3, -0.25) is 9.20 Å². The van der Waals surface area contributed by atoms with Crippen molar-refractivity contribution in [3.63, 3.8) is 0 Å². The fraction of sp³-hybridized carbons (Fsp3) is 0.630. The molecule has 3 aliphatic rings. The lowest BCUT2D eigenvalue weighted by Gasteiger charge is -2.46. The second-order valence-corrected chi connectivity index (χ2v) is 14.2. The number of hydrogen-bond acceptors (Lipinski definition) is 11. The van der Waals surface area contributed by atoms with Gasteiger partial charge < -0.3 is 24.2 Å². The summed E-state index contributed by atoms with van der Waals surface area (Å²) in [5.41, 5.74) is 0.609. The summed E-state index contributed by atoms with van der Waals surface area (Å²) in [5, 5.41) is 10.2. The third-order valence-electron chi connectivity index (χ3n) is 8.09. The van der Waals surface area contributed by atoms with Crippen LogP contribution in [0.1, 0.15) is 57.2 Å². The zero-order chi connectivity index (χ0) is 30.3. The Morgan fingerprint density at radius 2 is 1.88 bits per heavy atom. The highest BCUT2D eigenvalue weighted by molar-refractivity contribution is 7.89. The number of amides is 1. The summed E-state index contributed by atoms with van der Waals surface area (Å²) < 4.78 is 44.2. The molecule has 0 unspecified atom stereocenters. The molecule has 42 heavy (non-hydrogen) atoms. The molecule has 2 aromatic heterocycles. The highest BCUT2D eigenvalue weighted by Gasteiger charge is 2.60. The number of ether oxygens (including phenoxy) is 3. The summed E-state index contributed by atoms with van der Waals surface area (Å²) >= 11 is 1.15. The molecule has 4 atom stereocenters. The van der Waals surface area contributed by atoms with Crippen molar-refractivity contribution in [3.05, 3.63) is 23.1 Å². The Kier molecular flexibility index (Phi) is 8.65. The zero-order valence-electron chi connectivity index (χ0n) is 24.0. The highest BCUT2D eigenvalue weighted by atomic mass is 32.2. The maximum atomic E-state index is 13.4. The quantitative estimate of drug-likeness (QED) is 0.237. The Morgan fingerprint density at radius 3 is 2.55 bits per heavy atom. The van der Waals surface area contributed by atoms with E-state index in [1.54, 1.807) is 17.5 Å². The Balaban J connectivity index is 1.33. The number of aliphatic hydroxyl groups is 1. The average molecular weight is 625 g/mol. The topological polar surface area (TPSA) is 157 Å². The molecule has 0 bridgehead atoms. The van der Waals surface area contributed by atoms with Crippen molar-refractivity contribution in [2.75, 3.05) is 27.3 Å². The van der Waals surface area contributed by atoms with E-state index in [4.69, 9.17) is 14.2 Å². The lowest BCUT2D eigenvalue weighted by atomic mass is 9.77. The van der Waals surface area contributed by atoms with Gasteiger partial charge in [0.15, 0.2) is 0 Å². The monoisotopic (exact) mass is 624 g/mol. The van der Waals surface area contributed by atoms with Crippen LogP contribution in [0.25, 0.3) is 10.4 Å². The summed E-state index contributed by atoms with van der Waals surface area (Å²) in [5.74, 6) is -2.12. The fourth-order valence-electron chi connectivity index (χ4n) is 5.94. The van der Waals surface area contributed by atoms with E-state index in [-0.39, 0.29) is 48.3 Å². The van der Waals surface area contributed by atoms with Crippen LogP contribution in [0.5, 0.6) is 0 Å². The van der Waals surface area contributed by atoms with Crippen molar-refractivity contribution in [1.29, 1.82) is 0 Å². The normalized spacial score (nSPS) is 23.7. The highest BCUT2D eigenvalue weighted by Crippen LogP contribution is 2.52. The summed E-state index contributed by atoms with van der Waals surface area (Å²) in [6.07, 6.45) is 6.39. The van der Waals surface area contributed by atoms with Crippen LogP contribution in [0.3, 0.4) is 0 Å². The van der Waals surface area contributed by atoms with Gasteiger partial charge in [0, 0.05) is 38.2 Å². The lowest BCUT2D eigenvalue weighted by molar-refractivity contribution is -0.164. The first-order valence-electron chi connectivity index (χ1n) is 14.1. The molecule has 0 radical (unpaired) electrons. The number of fused-ring (bicyclic) bond motifs is 2. The van der Waals surface area contributed by atoms with Gasteiger partial charge in [0.1, 0.15) is 23.0 Å². The van der Waals surface area contributed by atoms with Crippen molar-refractivity contribution in [2.24, 2.45) is 11.8 Å². The molecule has 2 aromatic rings. The molecule has 0 aromatic carbocycles. The SMILES string of the molecule is C[C@@H](O)[C@H]1C(=O)N2C(C(=O)OCCCOC(=O)OC3CCCCC3)=C(c3cn4cnc(S(=O)(=O)N(C)C)c4s3)[C@H](C)[C@H]12. The van der Waals surface area contributed by atoms with E-state index < -0.39 is 40.2 Å². The second kappa shape index (κ2) is 11.9. The molecule has 1 saturated heterocycles. The van der Waals surface area contributed by atoms with Crippen LogP contribution in [0.15, 0.2) is 23.2 Å². The molecular formula is C27H36N4O9S2. The van der Waals surface area contributed by atoms with Crippen molar-refractivity contribution in [2.45, 2.75) is 75.6 Å². The molecule has 1 aliphatic carbocycles. The van der Waals surface area contributed by atoms with Gasteiger partial charge in [-0.2, -0.15) is 0 Å². The number of thiazole rings is 1. The number of β-lactam (4-membered cyclic amide) rings is 1. The van der Waals surface area contributed by atoms with E-state index in [2.05, 4.69) is 4.98 Å². The predicted molar refractivity (Wildman–Crippen MR) is 151 cm³/mol. The summed E-state index contributed by atoms with van der Waals surface area (Å²) in [6.45, 7) is 3.35. The Labute approximate surface area is 248 Å². The van der Waals surface area contributed by atoms with Gasteiger partial charge in [-0.25, -0.2) is 27.3 Å². The lowest BCUT2D eigenvalue weighted by Crippen LogP contribution is -2.63. The summed E-state index contributed by atoms with van der Waals surface area (Å²) in [6, 6.07) is -0.447. The average Bonchev–Trinajstić information content (AvgIpc) is 3.58. The zero-order valence-corrected chi connectivity index (χ0v) is 25.6. The van der Waals surface area contributed by atoms with Crippen molar-refractivity contribution >= 4 is 49.8 Å². The van der Waals surface area contributed by atoms with Crippen molar-refractivity contribution < 1.29 is 42.1 Å². The van der Waals surface area contributed by atoms with E-state index in [1.807, 2.05) is 6.92 Å². The first-order valence-corrected chi connectivity index (χ1v) is 16.3. The number of carbonyl (C=O) groups excluding carboxylic acids is 3. The van der Waals surface area contributed by atoms with Crippen molar-refractivity contribution in [3.8, 4) is 0 Å². The van der Waals surface area contributed by atoms with Crippen LogP contribution < -0.4 is 0 Å². The predicted octanol–water partition coefficient (Wildman–Crippen LogP) is 2.63. The fourth-order valence-corrected chi connectivity index (χ4v) is 8.34. The van der Waals surface area contributed by atoms with Crippen LogP contribution in [0.4, 0.5) is 4.79 Å². The Morgan fingerprint density at radius 1 is 1.19 bits per heavy atom. The van der Waals surface area contributed by atoms with Crippen LogP contribution in [-0.4, -0.2) is 95.7 Å². The van der Waals surface area contributed by atoms with Gasteiger partial charge in [0.05, 0.1) is 36.2 Å². The third-order valence-corrected chi connectivity index (χ3v) is 11.1. The van der Waals surface area contributed by atoms with E-state index in [0.717, 1.165) is 47.7 Å².